The maximum absolute atomic E-state index is 12.7. The van der Waals surface area contributed by atoms with Gasteiger partial charge >= 0.3 is 12.1 Å². The summed E-state index contributed by atoms with van der Waals surface area (Å²) in [5.41, 5.74) is 0.789. The second-order valence-corrected chi connectivity index (χ2v) is 9.82. The Morgan fingerprint density at radius 1 is 1.17 bits per heavy atom. The molecule has 3 unspecified atom stereocenters. The zero-order valence-corrected chi connectivity index (χ0v) is 21.2. The molecule has 7 heteroatoms. The molecule has 192 valence electrons. The number of methoxy groups -OCH3 is 1. The lowest BCUT2D eigenvalue weighted by molar-refractivity contribution is -0.186. The third-order valence-electron chi connectivity index (χ3n) is 7.58. The van der Waals surface area contributed by atoms with Crippen molar-refractivity contribution in [2.45, 2.75) is 56.3 Å². The number of hydrogen-bond donors (Lipinski definition) is 1. The number of benzene rings is 2. The molecule has 0 bridgehead atoms. The van der Waals surface area contributed by atoms with Crippen LogP contribution < -0.4 is 10.1 Å². The van der Waals surface area contributed by atoms with E-state index in [4.69, 9.17) is 14.2 Å². The van der Waals surface area contributed by atoms with Crippen molar-refractivity contribution in [1.82, 2.24) is 10.2 Å². The molecule has 2 aromatic rings. The summed E-state index contributed by atoms with van der Waals surface area (Å²) in [7, 11) is 1.65. The average Bonchev–Trinajstić information content (AvgIpc) is 2.88. The van der Waals surface area contributed by atoms with Gasteiger partial charge in [-0.15, -0.1) is 6.58 Å². The molecule has 4 rings (SSSR count). The van der Waals surface area contributed by atoms with Crippen LogP contribution in [0.4, 0.5) is 4.79 Å². The predicted molar refractivity (Wildman–Crippen MR) is 138 cm³/mol. The number of rotatable bonds is 8. The van der Waals surface area contributed by atoms with E-state index in [9.17, 15) is 9.59 Å². The zero-order valence-electron chi connectivity index (χ0n) is 21.2. The number of ether oxygens (including phenoxy) is 3. The fourth-order valence-corrected chi connectivity index (χ4v) is 6.00. The number of alkyl carbamates (subject to hydrolysis) is 1. The van der Waals surface area contributed by atoms with Crippen LogP contribution >= 0.6 is 0 Å². The van der Waals surface area contributed by atoms with Crippen LogP contribution in [0.5, 0.6) is 5.75 Å². The summed E-state index contributed by atoms with van der Waals surface area (Å²) in [6.07, 6.45) is 4.17. The summed E-state index contributed by atoms with van der Waals surface area (Å²) in [4.78, 5) is 27.4. The van der Waals surface area contributed by atoms with Gasteiger partial charge in [0.25, 0.3) is 0 Å². The van der Waals surface area contributed by atoms with Crippen molar-refractivity contribution in [1.29, 1.82) is 0 Å². The molecule has 1 saturated carbocycles. The molecule has 2 aromatic carbocycles. The molecule has 0 spiro atoms. The average molecular weight is 493 g/mol. The molecule has 1 heterocycles. The van der Waals surface area contributed by atoms with Crippen LogP contribution in [0.1, 0.15) is 43.7 Å². The number of carbonyl (C=O) groups excluding carboxylic acids is 2. The lowest BCUT2D eigenvalue weighted by Gasteiger charge is -2.59. The number of nitrogens with zero attached hydrogens (tertiary/aromatic N) is 1. The van der Waals surface area contributed by atoms with E-state index in [0.717, 1.165) is 36.4 Å². The molecule has 0 aromatic heterocycles. The molecule has 1 saturated heterocycles. The summed E-state index contributed by atoms with van der Waals surface area (Å²) in [5.74, 6) is 0.459. The Balaban J connectivity index is 1.62. The van der Waals surface area contributed by atoms with Crippen LogP contribution in [0.3, 0.4) is 0 Å². The smallest absolute Gasteiger partial charge is 0.407 e. The minimum absolute atomic E-state index is 0.117. The van der Waals surface area contributed by atoms with Crippen molar-refractivity contribution in [3.8, 4) is 5.75 Å². The second-order valence-electron chi connectivity index (χ2n) is 9.82. The van der Waals surface area contributed by atoms with Gasteiger partial charge in [0.15, 0.2) is 0 Å². The molecular weight excluding hydrogens is 456 g/mol. The summed E-state index contributed by atoms with van der Waals surface area (Å²) < 4.78 is 17.3. The SMILES string of the molecule is C=CCN1CCC2(c3cccc(OC)c3)CC(NC(=O)OCc3ccccc3)CCC2(OC(C)=O)C1. The largest absolute Gasteiger partial charge is 0.497 e. The van der Waals surface area contributed by atoms with Crippen molar-refractivity contribution >= 4 is 12.1 Å². The minimum atomic E-state index is -0.724. The maximum atomic E-state index is 12.7. The van der Waals surface area contributed by atoms with Crippen LogP contribution in [-0.2, 0) is 26.3 Å². The summed E-state index contributed by atoms with van der Waals surface area (Å²) in [6, 6.07) is 17.5. The minimum Gasteiger partial charge on any atom is -0.497 e. The lowest BCUT2D eigenvalue weighted by Crippen LogP contribution is -2.68. The fraction of sp³-hybridized carbons (Fsp3) is 0.448. The van der Waals surface area contributed by atoms with Gasteiger partial charge in [0.1, 0.15) is 18.0 Å². The summed E-state index contributed by atoms with van der Waals surface area (Å²) in [5, 5.41) is 3.09. The van der Waals surface area contributed by atoms with E-state index in [1.807, 2.05) is 54.6 Å². The molecule has 2 aliphatic rings. The monoisotopic (exact) mass is 492 g/mol. The third kappa shape index (κ3) is 5.41. The third-order valence-corrected chi connectivity index (χ3v) is 7.58. The van der Waals surface area contributed by atoms with E-state index in [2.05, 4.69) is 22.9 Å². The van der Waals surface area contributed by atoms with Crippen molar-refractivity contribution in [2.75, 3.05) is 26.7 Å². The molecule has 2 fully saturated rings. The first kappa shape index (κ1) is 25.8. The Morgan fingerprint density at radius 2 is 1.97 bits per heavy atom. The zero-order chi connectivity index (χ0) is 25.6. The molecule has 3 atom stereocenters. The predicted octanol–water partition coefficient (Wildman–Crippen LogP) is 4.61. The molecule has 1 aliphatic carbocycles. The maximum Gasteiger partial charge on any atom is 0.407 e. The van der Waals surface area contributed by atoms with Gasteiger partial charge in [-0.3, -0.25) is 9.69 Å². The molecule has 1 aliphatic heterocycles. The molecule has 7 nitrogen and oxygen atoms in total. The van der Waals surface area contributed by atoms with E-state index in [1.165, 1.54) is 6.92 Å². The van der Waals surface area contributed by atoms with Gasteiger partial charge in [0, 0.05) is 31.5 Å². The molecular formula is C29H36N2O5. The highest BCUT2D eigenvalue weighted by atomic mass is 16.6. The van der Waals surface area contributed by atoms with Gasteiger partial charge < -0.3 is 19.5 Å². The number of piperidine rings is 1. The highest BCUT2D eigenvalue weighted by molar-refractivity contribution is 5.68. The number of nitrogens with one attached hydrogen (secondary N) is 1. The lowest BCUT2D eigenvalue weighted by atomic mass is 9.55. The van der Waals surface area contributed by atoms with Crippen LogP contribution in [0.2, 0.25) is 0 Å². The van der Waals surface area contributed by atoms with Crippen molar-refractivity contribution in [3.05, 3.63) is 78.4 Å². The highest BCUT2D eigenvalue weighted by Gasteiger charge is 2.60. The van der Waals surface area contributed by atoms with E-state index in [1.54, 1.807) is 7.11 Å². The number of likely N-dealkylation sites (tertiary alicyclic amines) is 1. The Bertz CT molecular complexity index is 1070. The second kappa shape index (κ2) is 11.2. The number of carbonyl (C=O) groups is 2. The van der Waals surface area contributed by atoms with Gasteiger partial charge in [-0.05, 0) is 55.5 Å². The molecule has 1 amide bonds. The Labute approximate surface area is 213 Å². The normalized spacial score (nSPS) is 25.8. The van der Waals surface area contributed by atoms with Crippen LogP contribution in [0.15, 0.2) is 67.3 Å². The molecule has 0 radical (unpaired) electrons. The first-order valence-corrected chi connectivity index (χ1v) is 12.5. The molecule has 1 N–H and O–H groups in total. The van der Waals surface area contributed by atoms with Gasteiger partial charge in [-0.25, -0.2) is 4.79 Å². The fourth-order valence-electron chi connectivity index (χ4n) is 6.00. The Morgan fingerprint density at radius 3 is 2.69 bits per heavy atom. The summed E-state index contributed by atoms with van der Waals surface area (Å²) in [6.45, 7) is 7.76. The number of amides is 1. The standard InChI is InChI=1S/C29H36N2O5/c1-4-16-31-17-15-28(24-11-8-12-26(18-24)34-3)19-25(13-14-29(28,21-31)36-22(2)32)30-27(33)35-20-23-9-6-5-7-10-23/h4-12,18,25H,1,13-17,19-21H2,2-3H3,(H,30,33). The van der Waals surface area contributed by atoms with Gasteiger partial charge in [0.05, 0.1) is 7.11 Å². The first-order valence-electron chi connectivity index (χ1n) is 12.5. The van der Waals surface area contributed by atoms with Crippen LogP contribution in [0.25, 0.3) is 0 Å². The number of hydrogen-bond acceptors (Lipinski definition) is 6. The summed E-state index contributed by atoms with van der Waals surface area (Å²) >= 11 is 0. The Kier molecular flexibility index (Phi) is 7.99. The van der Waals surface area contributed by atoms with E-state index >= 15 is 0 Å². The quantitative estimate of drug-likeness (QED) is 0.429. The van der Waals surface area contributed by atoms with Crippen LogP contribution in [-0.4, -0.2) is 55.3 Å². The molecule has 36 heavy (non-hydrogen) atoms. The first-order chi connectivity index (χ1) is 17.4. The van der Waals surface area contributed by atoms with Gasteiger partial charge in [0.2, 0.25) is 0 Å². The Hall–Kier alpha value is -3.32. The van der Waals surface area contributed by atoms with Crippen molar-refractivity contribution < 1.29 is 23.8 Å². The van der Waals surface area contributed by atoms with E-state index in [0.29, 0.717) is 25.8 Å². The number of esters is 1. The van der Waals surface area contributed by atoms with Gasteiger partial charge in [-0.2, -0.15) is 0 Å². The van der Waals surface area contributed by atoms with Gasteiger partial charge in [-0.1, -0.05) is 48.5 Å². The van der Waals surface area contributed by atoms with Crippen molar-refractivity contribution in [2.24, 2.45) is 0 Å². The highest BCUT2D eigenvalue weighted by Crippen LogP contribution is 2.54. The van der Waals surface area contributed by atoms with Crippen LogP contribution in [0, 0.1) is 0 Å². The topological polar surface area (TPSA) is 77.1 Å². The van der Waals surface area contributed by atoms with E-state index in [-0.39, 0.29) is 18.6 Å². The van der Waals surface area contributed by atoms with E-state index < -0.39 is 17.1 Å². The number of fused-ring (bicyclic) bond motifs is 1. The van der Waals surface area contributed by atoms with Crippen molar-refractivity contribution in [3.63, 3.8) is 0 Å².